The summed E-state index contributed by atoms with van der Waals surface area (Å²) in [6.07, 6.45) is 0. The first-order chi connectivity index (χ1) is 14.4. The Morgan fingerprint density at radius 2 is 1.83 bits per heavy atom. The zero-order valence-corrected chi connectivity index (χ0v) is 17.6. The Bertz CT molecular complexity index is 1150. The van der Waals surface area contributed by atoms with Crippen molar-refractivity contribution in [3.63, 3.8) is 0 Å². The van der Waals surface area contributed by atoms with Gasteiger partial charge >= 0.3 is 5.91 Å². The van der Waals surface area contributed by atoms with E-state index >= 15 is 0 Å². The molecule has 1 N–H and O–H groups in total. The highest BCUT2D eigenvalue weighted by atomic mass is 32.1. The number of aliphatic hydroxyl groups excluding tert-OH is 1. The number of aromatic nitrogens is 1. The van der Waals surface area contributed by atoms with Crippen LogP contribution in [0.3, 0.4) is 0 Å². The van der Waals surface area contributed by atoms with Gasteiger partial charge in [-0.3, -0.25) is 14.5 Å². The van der Waals surface area contributed by atoms with E-state index < -0.39 is 17.7 Å². The summed E-state index contributed by atoms with van der Waals surface area (Å²) < 4.78 is 5.33. The molecule has 30 heavy (non-hydrogen) atoms. The Hall–Kier alpha value is -3.45. The van der Waals surface area contributed by atoms with E-state index in [9.17, 15) is 14.7 Å². The van der Waals surface area contributed by atoms with Gasteiger partial charge in [-0.25, -0.2) is 4.98 Å². The van der Waals surface area contributed by atoms with Gasteiger partial charge in [-0.05, 0) is 31.5 Å². The number of ether oxygens (including phenoxy) is 1. The average Bonchev–Trinajstić information content (AvgIpc) is 3.23. The Kier molecular flexibility index (Phi) is 5.13. The molecule has 4 rings (SSSR count). The lowest BCUT2D eigenvalue weighted by atomic mass is 9.95. The van der Waals surface area contributed by atoms with E-state index in [4.69, 9.17) is 4.74 Å². The van der Waals surface area contributed by atoms with Crippen molar-refractivity contribution in [3.8, 4) is 5.75 Å². The molecule has 2 aromatic carbocycles. The van der Waals surface area contributed by atoms with Crippen LogP contribution in [0.15, 0.2) is 60.2 Å². The maximum absolute atomic E-state index is 13.1. The number of carbonyl (C=O) groups excluding carboxylic acids is 2. The van der Waals surface area contributed by atoms with E-state index in [2.05, 4.69) is 4.98 Å². The van der Waals surface area contributed by atoms with Gasteiger partial charge in [-0.1, -0.05) is 42.5 Å². The SMILES string of the molecule is COc1cccc([C@H]2C(=C(O)c3ccccc3)C(=O)C(=O)N2c2nc(C)c(C)s2)c1. The van der Waals surface area contributed by atoms with Gasteiger partial charge in [0.1, 0.15) is 11.5 Å². The Morgan fingerprint density at radius 1 is 1.10 bits per heavy atom. The van der Waals surface area contributed by atoms with Crippen molar-refractivity contribution in [1.82, 2.24) is 4.98 Å². The van der Waals surface area contributed by atoms with Crippen molar-refractivity contribution in [2.75, 3.05) is 12.0 Å². The molecule has 152 valence electrons. The van der Waals surface area contributed by atoms with Crippen LogP contribution >= 0.6 is 11.3 Å². The van der Waals surface area contributed by atoms with Crippen molar-refractivity contribution < 1.29 is 19.4 Å². The monoisotopic (exact) mass is 420 g/mol. The number of aryl methyl sites for hydroxylation is 2. The molecular formula is C23H20N2O4S. The number of nitrogens with zero attached hydrogens (tertiary/aromatic N) is 2. The van der Waals surface area contributed by atoms with Crippen molar-refractivity contribution in [3.05, 3.63) is 81.9 Å². The predicted octanol–water partition coefficient (Wildman–Crippen LogP) is 4.39. The first kappa shape index (κ1) is 19.8. The van der Waals surface area contributed by atoms with Crippen LogP contribution in [-0.2, 0) is 9.59 Å². The second kappa shape index (κ2) is 7.76. The number of methoxy groups -OCH3 is 1. The normalized spacial score (nSPS) is 18.1. The summed E-state index contributed by atoms with van der Waals surface area (Å²) in [6.45, 7) is 3.77. The number of Topliss-reactive ketones (excluding diaryl/α,β-unsaturated/α-hetero) is 1. The van der Waals surface area contributed by atoms with Gasteiger partial charge in [-0.15, -0.1) is 11.3 Å². The van der Waals surface area contributed by atoms with Gasteiger partial charge < -0.3 is 9.84 Å². The minimum Gasteiger partial charge on any atom is -0.507 e. The Labute approximate surface area is 178 Å². The summed E-state index contributed by atoms with van der Waals surface area (Å²) in [5.74, 6) is -1.08. The largest absolute Gasteiger partial charge is 0.507 e. The van der Waals surface area contributed by atoms with E-state index in [0.717, 1.165) is 10.6 Å². The molecular weight excluding hydrogens is 400 g/mol. The quantitative estimate of drug-likeness (QED) is 0.385. The van der Waals surface area contributed by atoms with Crippen LogP contribution in [0.4, 0.5) is 5.13 Å². The van der Waals surface area contributed by atoms with Crippen LogP contribution in [-0.4, -0.2) is 28.9 Å². The first-order valence-corrected chi connectivity index (χ1v) is 10.2. The number of rotatable bonds is 4. The van der Waals surface area contributed by atoms with E-state index in [1.54, 1.807) is 55.6 Å². The molecule has 0 spiro atoms. The fraction of sp³-hybridized carbons (Fsp3) is 0.174. The zero-order chi connectivity index (χ0) is 21.4. The van der Waals surface area contributed by atoms with Crippen molar-refractivity contribution >= 4 is 33.9 Å². The van der Waals surface area contributed by atoms with Crippen molar-refractivity contribution in [2.45, 2.75) is 19.9 Å². The number of carbonyl (C=O) groups is 2. The van der Waals surface area contributed by atoms with Crippen molar-refractivity contribution in [1.29, 1.82) is 0 Å². The molecule has 2 heterocycles. The van der Waals surface area contributed by atoms with E-state index in [-0.39, 0.29) is 11.3 Å². The molecule has 0 aliphatic carbocycles. The number of hydrogen-bond acceptors (Lipinski definition) is 6. The molecule has 0 unspecified atom stereocenters. The minimum absolute atomic E-state index is 0.0324. The third-order valence-electron chi connectivity index (χ3n) is 5.12. The van der Waals surface area contributed by atoms with Gasteiger partial charge in [0.15, 0.2) is 5.13 Å². The molecule has 0 bridgehead atoms. The summed E-state index contributed by atoms with van der Waals surface area (Å²) in [5.41, 5.74) is 1.95. The Balaban J connectivity index is 1.96. The lowest BCUT2D eigenvalue weighted by Gasteiger charge is -2.23. The lowest BCUT2D eigenvalue weighted by molar-refractivity contribution is -0.132. The van der Waals surface area contributed by atoms with Crippen LogP contribution in [0.25, 0.3) is 5.76 Å². The summed E-state index contributed by atoms with van der Waals surface area (Å²) in [7, 11) is 1.55. The zero-order valence-electron chi connectivity index (χ0n) is 16.7. The molecule has 0 radical (unpaired) electrons. The third kappa shape index (κ3) is 3.27. The van der Waals surface area contributed by atoms with Crippen LogP contribution < -0.4 is 9.64 Å². The molecule has 1 saturated heterocycles. The first-order valence-electron chi connectivity index (χ1n) is 9.36. The van der Waals surface area contributed by atoms with Crippen LogP contribution in [0.5, 0.6) is 5.75 Å². The van der Waals surface area contributed by atoms with E-state index in [1.165, 1.54) is 16.2 Å². The number of amides is 1. The van der Waals surface area contributed by atoms with Gasteiger partial charge in [0.2, 0.25) is 0 Å². The van der Waals surface area contributed by atoms with Crippen LogP contribution in [0.2, 0.25) is 0 Å². The van der Waals surface area contributed by atoms with Crippen LogP contribution in [0.1, 0.15) is 27.7 Å². The van der Waals surface area contributed by atoms with Crippen LogP contribution in [0, 0.1) is 13.8 Å². The molecule has 3 aromatic rings. The molecule has 0 saturated carbocycles. The number of benzene rings is 2. The van der Waals surface area contributed by atoms with Gasteiger partial charge in [0.25, 0.3) is 5.78 Å². The highest BCUT2D eigenvalue weighted by Crippen LogP contribution is 2.44. The van der Waals surface area contributed by atoms with E-state index in [0.29, 0.717) is 22.0 Å². The molecule has 1 fully saturated rings. The molecule has 1 aromatic heterocycles. The summed E-state index contributed by atoms with van der Waals surface area (Å²) >= 11 is 1.34. The minimum atomic E-state index is -0.815. The number of aliphatic hydroxyl groups is 1. The second-order valence-electron chi connectivity index (χ2n) is 6.95. The van der Waals surface area contributed by atoms with Gasteiger partial charge in [-0.2, -0.15) is 0 Å². The molecule has 7 heteroatoms. The maximum atomic E-state index is 13.1. The standard InChI is InChI=1S/C23H20N2O4S/c1-13-14(2)30-23(24-13)25-19(16-10-7-11-17(12-16)29-3)18(21(27)22(25)28)20(26)15-8-5-4-6-9-15/h4-12,19,26H,1-3H3/t19-/m0/s1. The van der Waals surface area contributed by atoms with E-state index in [1.807, 2.05) is 19.9 Å². The molecule has 1 aliphatic heterocycles. The summed E-state index contributed by atoms with van der Waals surface area (Å²) in [6, 6.07) is 15.1. The highest BCUT2D eigenvalue weighted by molar-refractivity contribution is 7.16. The summed E-state index contributed by atoms with van der Waals surface area (Å²) in [5, 5.41) is 11.4. The average molecular weight is 420 g/mol. The number of thiazole rings is 1. The highest BCUT2D eigenvalue weighted by Gasteiger charge is 2.48. The third-order valence-corrected chi connectivity index (χ3v) is 6.20. The molecule has 6 nitrogen and oxygen atoms in total. The topological polar surface area (TPSA) is 79.7 Å². The number of anilines is 1. The Morgan fingerprint density at radius 3 is 2.47 bits per heavy atom. The fourth-order valence-corrected chi connectivity index (χ4v) is 4.40. The summed E-state index contributed by atoms with van der Waals surface area (Å²) in [4.78, 5) is 33.0. The second-order valence-corrected chi connectivity index (χ2v) is 8.13. The molecule has 1 amide bonds. The van der Waals surface area contributed by atoms with Crippen molar-refractivity contribution in [2.24, 2.45) is 0 Å². The lowest BCUT2D eigenvalue weighted by Crippen LogP contribution is -2.29. The van der Waals surface area contributed by atoms with Gasteiger partial charge in [0, 0.05) is 10.4 Å². The smallest absolute Gasteiger partial charge is 0.301 e. The molecule has 1 aliphatic rings. The maximum Gasteiger partial charge on any atom is 0.301 e. The number of ketones is 1. The van der Waals surface area contributed by atoms with Gasteiger partial charge in [0.05, 0.1) is 24.4 Å². The predicted molar refractivity (Wildman–Crippen MR) is 116 cm³/mol. The molecule has 1 atom stereocenters. The number of hydrogen-bond donors (Lipinski definition) is 1. The fourth-order valence-electron chi connectivity index (χ4n) is 3.47.